The van der Waals surface area contributed by atoms with Crippen LogP contribution in [0, 0.1) is 5.92 Å². The zero-order valence-corrected chi connectivity index (χ0v) is 13.7. The van der Waals surface area contributed by atoms with Crippen LogP contribution in [0.25, 0.3) is 0 Å². The third kappa shape index (κ3) is 2.24. The first-order valence-electron chi connectivity index (χ1n) is 8.95. The number of aryl methyl sites for hydroxylation is 3. The van der Waals surface area contributed by atoms with E-state index in [-0.39, 0.29) is 5.56 Å². The van der Waals surface area contributed by atoms with Crippen LogP contribution in [-0.4, -0.2) is 32.8 Å². The van der Waals surface area contributed by atoms with Gasteiger partial charge in [-0.25, -0.2) is 14.6 Å². The first-order valence-corrected chi connectivity index (χ1v) is 8.95. The summed E-state index contributed by atoms with van der Waals surface area (Å²) in [6, 6.07) is 1.79. The number of hydrogen-bond acceptors (Lipinski definition) is 5. The molecule has 2 aliphatic carbocycles. The molecule has 0 spiro atoms. The van der Waals surface area contributed by atoms with Crippen LogP contribution in [0.15, 0.2) is 17.2 Å². The second-order valence-corrected chi connectivity index (χ2v) is 7.24. The maximum Gasteiger partial charge on any atom is 0.267 e. The molecule has 1 saturated heterocycles. The van der Waals surface area contributed by atoms with Crippen LogP contribution in [0.3, 0.4) is 0 Å². The van der Waals surface area contributed by atoms with E-state index in [0.717, 1.165) is 68.8 Å². The summed E-state index contributed by atoms with van der Waals surface area (Å²) >= 11 is 0. The van der Waals surface area contributed by atoms with Gasteiger partial charge in [0.05, 0.1) is 12.2 Å². The van der Waals surface area contributed by atoms with Gasteiger partial charge in [0.2, 0.25) is 0 Å². The van der Waals surface area contributed by atoms with Crippen molar-refractivity contribution in [1.29, 1.82) is 0 Å². The molecular formula is C18H21N5O. The SMILES string of the molecule is O=c1cc2c(nn1CC1CN(c3ncnc4c3CCC4)C1)CCC2. The number of fused-ring (bicyclic) bond motifs is 2. The molecule has 0 radical (unpaired) electrons. The van der Waals surface area contributed by atoms with E-state index in [4.69, 9.17) is 0 Å². The number of hydrogen-bond donors (Lipinski definition) is 0. The van der Waals surface area contributed by atoms with Crippen molar-refractivity contribution in [2.75, 3.05) is 18.0 Å². The molecule has 2 aromatic heterocycles. The summed E-state index contributed by atoms with van der Waals surface area (Å²) in [7, 11) is 0. The van der Waals surface area contributed by atoms with E-state index in [0.29, 0.717) is 5.92 Å². The van der Waals surface area contributed by atoms with Gasteiger partial charge < -0.3 is 4.90 Å². The highest BCUT2D eigenvalue weighted by Crippen LogP contribution is 2.32. The summed E-state index contributed by atoms with van der Waals surface area (Å²) in [5.41, 5.74) is 4.89. The van der Waals surface area contributed by atoms with Crippen LogP contribution < -0.4 is 10.5 Å². The van der Waals surface area contributed by atoms with Crippen molar-refractivity contribution in [3.8, 4) is 0 Å². The predicted molar refractivity (Wildman–Crippen MR) is 90.3 cm³/mol. The minimum Gasteiger partial charge on any atom is -0.355 e. The van der Waals surface area contributed by atoms with Gasteiger partial charge in [0.1, 0.15) is 12.1 Å². The zero-order valence-electron chi connectivity index (χ0n) is 13.7. The minimum atomic E-state index is 0.0528. The Morgan fingerprint density at radius 1 is 1.04 bits per heavy atom. The van der Waals surface area contributed by atoms with Gasteiger partial charge in [-0.2, -0.15) is 5.10 Å². The molecule has 5 rings (SSSR count). The lowest BCUT2D eigenvalue weighted by Gasteiger charge is -2.40. The molecule has 0 unspecified atom stereocenters. The summed E-state index contributed by atoms with van der Waals surface area (Å²) in [6.07, 6.45) is 8.21. The van der Waals surface area contributed by atoms with Gasteiger partial charge in [-0.1, -0.05) is 0 Å². The molecule has 3 heterocycles. The monoisotopic (exact) mass is 323 g/mol. The Labute approximate surface area is 140 Å². The Kier molecular flexibility index (Phi) is 3.18. The van der Waals surface area contributed by atoms with Crippen molar-refractivity contribution >= 4 is 5.82 Å². The second-order valence-electron chi connectivity index (χ2n) is 7.24. The van der Waals surface area contributed by atoms with Gasteiger partial charge in [-0.05, 0) is 44.1 Å². The Morgan fingerprint density at radius 3 is 2.79 bits per heavy atom. The number of anilines is 1. The lowest BCUT2D eigenvalue weighted by atomic mass is 9.99. The summed E-state index contributed by atoms with van der Waals surface area (Å²) in [5, 5.41) is 4.59. The van der Waals surface area contributed by atoms with Crippen LogP contribution in [0.4, 0.5) is 5.82 Å². The van der Waals surface area contributed by atoms with Crippen LogP contribution in [0.1, 0.15) is 35.4 Å². The molecule has 1 aliphatic heterocycles. The van der Waals surface area contributed by atoms with Crippen LogP contribution in [0.2, 0.25) is 0 Å². The zero-order chi connectivity index (χ0) is 16.1. The van der Waals surface area contributed by atoms with E-state index in [9.17, 15) is 4.79 Å². The summed E-state index contributed by atoms with van der Waals surface area (Å²) in [6.45, 7) is 2.62. The van der Waals surface area contributed by atoms with Gasteiger partial charge in [0, 0.05) is 36.3 Å². The lowest BCUT2D eigenvalue weighted by molar-refractivity contribution is 0.331. The molecule has 6 heteroatoms. The van der Waals surface area contributed by atoms with Gasteiger partial charge in [-0.15, -0.1) is 0 Å². The maximum absolute atomic E-state index is 12.2. The normalized spacial score (nSPS) is 19.2. The van der Waals surface area contributed by atoms with Crippen molar-refractivity contribution in [3.05, 3.63) is 45.3 Å². The average molecular weight is 323 g/mol. The Morgan fingerprint density at radius 2 is 1.88 bits per heavy atom. The largest absolute Gasteiger partial charge is 0.355 e. The summed E-state index contributed by atoms with van der Waals surface area (Å²) in [5.74, 6) is 1.59. The fourth-order valence-electron chi connectivity index (χ4n) is 4.29. The molecule has 124 valence electrons. The molecule has 0 atom stereocenters. The number of aromatic nitrogens is 4. The smallest absolute Gasteiger partial charge is 0.267 e. The fourth-order valence-corrected chi connectivity index (χ4v) is 4.29. The van der Waals surface area contributed by atoms with Crippen molar-refractivity contribution in [1.82, 2.24) is 19.7 Å². The average Bonchev–Trinajstić information content (AvgIpc) is 3.18. The molecule has 0 aromatic carbocycles. The molecule has 0 saturated carbocycles. The van der Waals surface area contributed by atoms with Crippen molar-refractivity contribution < 1.29 is 0 Å². The molecule has 0 bridgehead atoms. The Hall–Kier alpha value is -2.24. The van der Waals surface area contributed by atoms with E-state index in [1.807, 2.05) is 0 Å². The second kappa shape index (κ2) is 5.40. The van der Waals surface area contributed by atoms with E-state index in [2.05, 4.69) is 20.0 Å². The molecule has 0 amide bonds. The van der Waals surface area contributed by atoms with Crippen molar-refractivity contribution in [2.45, 2.75) is 45.1 Å². The molecule has 1 fully saturated rings. The van der Waals surface area contributed by atoms with Crippen LogP contribution >= 0.6 is 0 Å². The highest BCUT2D eigenvalue weighted by Gasteiger charge is 2.32. The van der Waals surface area contributed by atoms with E-state index < -0.39 is 0 Å². The van der Waals surface area contributed by atoms with Gasteiger partial charge in [-0.3, -0.25) is 4.79 Å². The quantitative estimate of drug-likeness (QED) is 0.848. The number of rotatable bonds is 3. The van der Waals surface area contributed by atoms with Crippen molar-refractivity contribution in [3.63, 3.8) is 0 Å². The van der Waals surface area contributed by atoms with Crippen LogP contribution in [-0.2, 0) is 32.2 Å². The molecule has 2 aromatic rings. The Balaban J connectivity index is 1.30. The third-order valence-corrected chi connectivity index (χ3v) is 5.56. The third-order valence-electron chi connectivity index (χ3n) is 5.56. The minimum absolute atomic E-state index is 0.0528. The molecular weight excluding hydrogens is 302 g/mol. The fraction of sp³-hybridized carbons (Fsp3) is 0.556. The topological polar surface area (TPSA) is 63.9 Å². The van der Waals surface area contributed by atoms with E-state index in [1.165, 1.54) is 17.7 Å². The number of nitrogens with zero attached hydrogens (tertiary/aromatic N) is 5. The first-order chi connectivity index (χ1) is 11.8. The summed E-state index contributed by atoms with van der Waals surface area (Å²) in [4.78, 5) is 23.5. The molecule has 24 heavy (non-hydrogen) atoms. The summed E-state index contributed by atoms with van der Waals surface area (Å²) < 4.78 is 1.68. The van der Waals surface area contributed by atoms with E-state index >= 15 is 0 Å². The molecule has 0 N–H and O–H groups in total. The van der Waals surface area contributed by atoms with Crippen molar-refractivity contribution in [2.24, 2.45) is 5.92 Å². The maximum atomic E-state index is 12.2. The predicted octanol–water partition coefficient (Wildman–Crippen LogP) is 1.15. The first kappa shape index (κ1) is 14.1. The van der Waals surface area contributed by atoms with Crippen LogP contribution in [0.5, 0.6) is 0 Å². The standard InChI is InChI=1S/C18H21N5O/c24-17-7-13-3-1-5-15(13)21-23(17)10-12-8-22(9-12)18-14-4-2-6-16(14)19-11-20-18/h7,11-12H,1-6,8-10H2. The molecule has 3 aliphatic rings. The van der Waals surface area contributed by atoms with E-state index in [1.54, 1.807) is 17.1 Å². The van der Waals surface area contributed by atoms with Gasteiger partial charge in [0.25, 0.3) is 5.56 Å². The van der Waals surface area contributed by atoms with Gasteiger partial charge in [0.15, 0.2) is 0 Å². The Bertz CT molecular complexity index is 853. The molecule has 6 nitrogen and oxygen atoms in total. The highest BCUT2D eigenvalue weighted by atomic mass is 16.1. The lowest BCUT2D eigenvalue weighted by Crippen LogP contribution is -2.50. The van der Waals surface area contributed by atoms with Gasteiger partial charge >= 0.3 is 0 Å². The highest BCUT2D eigenvalue weighted by molar-refractivity contribution is 5.52.